The molecule has 0 radical (unpaired) electrons. The smallest absolute Gasteiger partial charge is 0.273 e. The van der Waals surface area contributed by atoms with E-state index < -0.39 is 4.92 Å². The van der Waals surface area contributed by atoms with Crippen LogP contribution in [0.2, 0.25) is 0 Å². The zero-order valence-corrected chi connectivity index (χ0v) is 19.5. The number of methoxy groups -OCH3 is 1. The summed E-state index contributed by atoms with van der Waals surface area (Å²) in [6.45, 7) is 0.484. The molecule has 1 fully saturated rings. The van der Waals surface area contributed by atoms with Gasteiger partial charge in [0.05, 0.1) is 47.6 Å². The van der Waals surface area contributed by atoms with Crippen LogP contribution in [0.5, 0.6) is 5.75 Å². The third kappa shape index (κ3) is 4.43. The summed E-state index contributed by atoms with van der Waals surface area (Å²) in [4.78, 5) is 21.7. The number of hydrogen-bond acceptors (Lipinski definition) is 7. The first kappa shape index (κ1) is 22.5. The zero-order chi connectivity index (χ0) is 24.4. The summed E-state index contributed by atoms with van der Waals surface area (Å²) in [5.74, 6) is 1.55. The minimum Gasteiger partial charge on any atom is -0.496 e. The maximum absolute atomic E-state index is 11.2. The molecule has 4 heterocycles. The molecule has 35 heavy (non-hydrogen) atoms. The molecule has 0 amide bonds. The molecule has 9 nitrogen and oxygen atoms in total. The highest BCUT2D eigenvalue weighted by atomic mass is 32.1. The SMILES string of the molecule is COc1cc([N+](=O)[O-])ccc1-c1ccc([C@@H]2[C@@H](c3ccccn3)NC(=S)N2Cc2ccccn2)o1. The molecule has 5 rings (SSSR count). The Balaban J connectivity index is 1.54. The molecular weight excluding hydrogens is 466 g/mol. The lowest BCUT2D eigenvalue weighted by Gasteiger charge is -2.25. The van der Waals surface area contributed by atoms with Crippen molar-refractivity contribution in [2.24, 2.45) is 0 Å². The van der Waals surface area contributed by atoms with Gasteiger partial charge in [-0.1, -0.05) is 12.1 Å². The Morgan fingerprint density at radius 1 is 1.11 bits per heavy atom. The number of thiocarbonyl (C=S) groups is 1. The van der Waals surface area contributed by atoms with Crippen molar-refractivity contribution in [3.63, 3.8) is 0 Å². The van der Waals surface area contributed by atoms with E-state index in [2.05, 4.69) is 15.3 Å². The molecule has 4 aromatic rings. The van der Waals surface area contributed by atoms with E-state index in [1.165, 1.54) is 19.2 Å². The topological polar surface area (TPSA) is 107 Å². The van der Waals surface area contributed by atoms with Crippen LogP contribution in [0.15, 0.2) is 83.5 Å². The molecule has 3 aromatic heterocycles. The molecule has 0 spiro atoms. The third-order valence-electron chi connectivity index (χ3n) is 5.84. The number of benzene rings is 1. The minimum absolute atomic E-state index is 0.0560. The molecular formula is C25H21N5O4S. The van der Waals surface area contributed by atoms with E-state index in [1.807, 2.05) is 53.4 Å². The van der Waals surface area contributed by atoms with Crippen LogP contribution in [0.4, 0.5) is 5.69 Å². The summed E-state index contributed by atoms with van der Waals surface area (Å²) < 4.78 is 11.7. The number of hydrogen-bond donors (Lipinski definition) is 1. The highest BCUT2D eigenvalue weighted by Crippen LogP contribution is 2.42. The Kier molecular flexibility index (Phi) is 6.11. The van der Waals surface area contributed by atoms with Crippen molar-refractivity contribution in [2.45, 2.75) is 18.6 Å². The first-order valence-electron chi connectivity index (χ1n) is 10.9. The molecule has 2 atom stereocenters. The number of nitro groups is 1. The summed E-state index contributed by atoms with van der Waals surface area (Å²) in [7, 11) is 1.47. The predicted octanol–water partition coefficient (Wildman–Crippen LogP) is 4.83. The van der Waals surface area contributed by atoms with Crippen LogP contribution in [0.25, 0.3) is 11.3 Å². The van der Waals surface area contributed by atoms with Crippen LogP contribution in [-0.2, 0) is 6.54 Å². The van der Waals surface area contributed by atoms with Gasteiger partial charge in [-0.15, -0.1) is 0 Å². The van der Waals surface area contributed by atoms with Crippen molar-refractivity contribution in [1.82, 2.24) is 20.2 Å². The number of nitrogens with one attached hydrogen (secondary N) is 1. The molecule has 0 unspecified atom stereocenters. The van der Waals surface area contributed by atoms with E-state index in [0.29, 0.717) is 34.5 Å². The van der Waals surface area contributed by atoms with Gasteiger partial charge in [0.1, 0.15) is 23.3 Å². The molecule has 1 aliphatic heterocycles. The lowest BCUT2D eigenvalue weighted by atomic mass is 10.0. The molecule has 0 saturated carbocycles. The molecule has 1 N–H and O–H groups in total. The Morgan fingerprint density at radius 3 is 2.60 bits per heavy atom. The van der Waals surface area contributed by atoms with Crippen LogP contribution in [0, 0.1) is 10.1 Å². The van der Waals surface area contributed by atoms with Crippen molar-refractivity contribution in [2.75, 3.05) is 7.11 Å². The molecule has 0 bridgehead atoms. The van der Waals surface area contributed by atoms with Gasteiger partial charge in [-0.25, -0.2) is 0 Å². The average molecular weight is 488 g/mol. The summed E-state index contributed by atoms with van der Waals surface area (Å²) in [5.41, 5.74) is 2.25. The summed E-state index contributed by atoms with van der Waals surface area (Å²) in [6, 6.07) is 19.1. The number of furan rings is 1. The maximum atomic E-state index is 11.2. The fraction of sp³-hybridized carbons (Fsp3) is 0.160. The van der Waals surface area contributed by atoms with Crippen molar-refractivity contribution >= 4 is 23.0 Å². The van der Waals surface area contributed by atoms with Gasteiger partial charge in [0, 0.05) is 18.5 Å². The number of pyridine rings is 2. The zero-order valence-electron chi connectivity index (χ0n) is 18.7. The Bertz CT molecular complexity index is 1360. The second kappa shape index (κ2) is 9.51. The predicted molar refractivity (Wildman–Crippen MR) is 133 cm³/mol. The number of non-ortho nitro benzene ring substituents is 1. The highest BCUT2D eigenvalue weighted by Gasteiger charge is 2.42. The van der Waals surface area contributed by atoms with Crippen LogP contribution >= 0.6 is 12.2 Å². The van der Waals surface area contributed by atoms with E-state index in [9.17, 15) is 10.1 Å². The van der Waals surface area contributed by atoms with Gasteiger partial charge < -0.3 is 19.4 Å². The van der Waals surface area contributed by atoms with Crippen LogP contribution in [-0.4, -0.2) is 32.0 Å². The Morgan fingerprint density at radius 2 is 1.91 bits per heavy atom. The standard InChI is InChI=1S/C25H21N5O4S/c1-33-22-14-17(30(31)32)8-9-18(22)20-10-11-21(34-20)24-23(19-7-3-5-13-27-19)28-25(35)29(24)15-16-6-2-4-12-26-16/h2-14,23-24H,15H2,1H3,(H,28,35)/t23-,24-/m1/s1. The quantitative estimate of drug-likeness (QED) is 0.223. The largest absolute Gasteiger partial charge is 0.496 e. The lowest BCUT2D eigenvalue weighted by Crippen LogP contribution is -2.29. The van der Waals surface area contributed by atoms with E-state index in [0.717, 1.165) is 11.4 Å². The van der Waals surface area contributed by atoms with E-state index in [4.69, 9.17) is 21.4 Å². The molecule has 0 aliphatic carbocycles. The molecule has 1 saturated heterocycles. The second-order valence-corrected chi connectivity index (χ2v) is 8.31. The number of nitro benzene ring substituents is 1. The molecule has 10 heteroatoms. The van der Waals surface area contributed by atoms with E-state index in [-0.39, 0.29) is 17.8 Å². The van der Waals surface area contributed by atoms with Gasteiger partial charge in [0.25, 0.3) is 5.69 Å². The summed E-state index contributed by atoms with van der Waals surface area (Å²) in [6.07, 6.45) is 3.49. The van der Waals surface area contributed by atoms with Crippen molar-refractivity contribution in [3.8, 4) is 17.1 Å². The van der Waals surface area contributed by atoms with Crippen LogP contribution in [0.3, 0.4) is 0 Å². The van der Waals surface area contributed by atoms with Gasteiger partial charge in [-0.05, 0) is 54.7 Å². The lowest BCUT2D eigenvalue weighted by molar-refractivity contribution is -0.384. The second-order valence-electron chi connectivity index (χ2n) is 7.92. The summed E-state index contributed by atoms with van der Waals surface area (Å²) >= 11 is 5.71. The van der Waals surface area contributed by atoms with E-state index in [1.54, 1.807) is 18.5 Å². The summed E-state index contributed by atoms with van der Waals surface area (Å²) in [5, 5.41) is 15.1. The highest BCUT2D eigenvalue weighted by molar-refractivity contribution is 7.80. The number of nitrogens with zero attached hydrogens (tertiary/aromatic N) is 4. The van der Waals surface area contributed by atoms with Gasteiger partial charge in [-0.3, -0.25) is 20.1 Å². The van der Waals surface area contributed by atoms with Gasteiger partial charge in [0.15, 0.2) is 5.11 Å². The van der Waals surface area contributed by atoms with Crippen molar-refractivity contribution in [3.05, 3.63) is 106 Å². The molecule has 1 aromatic carbocycles. The van der Waals surface area contributed by atoms with E-state index >= 15 is 0 Å². The minimum atomic E-state index is -0.460. The third-order valence-corrected chi connectivity index (χ3v) is 6.19. The van der Waals surface area contributed by atoms with Crippen molar-refractivity contribution in [1.29, 1.82) is 0 Å². The van der Waals surface area contributed by atoms with Crippen LogP contribution < -0.4 is 10.1 Å². The van der Waals surface area contributed by atoms with Gasteiger partial charge >= 0.3 is 0 Å². The number of rotatable bonds is 7. The monoisotopic (exact) mass is 487 g/mol. The Hall–Kier alpha value is -4.31. The first-order chi connectivity index (χ1) is 17.0. The van der Waals surface area contributed by atoms with Gasteiger partial charge in [0.2, 0.25) is 0 Å². The van der Waals surface area contributed by atoms with Gasteiger partial charge in [-0.2, -0.15) is 0 Å². The fourth-order valence-electron chi connectivity index (χ4n) is 4.20. The van der Waals surface area contributed by atoms with Crippen LogP contribution in [0.1, 0.15) is 29.2 Å². The Labute approximate surface area is 206 Å². The normalized spacial score (nSPS) is 17.3. The first-order valence-corrected chi connectivity index (χ1v) is 11.3. The van der Waals surface area contributed by atoms with Crippen molar-refractivity contribution < 1.29 is 14.1 Å². The molecule has 176 valence electrons. The fourth-order valence-corrected chi connectivity index (χ4v) is 4.51. The average Bonchev–Trinajstić information content (AvgIpc) is 3.49. The number of ether oxygens (including phenoxy) is 1. The maximum Gasteiger partial charge on any atom is 0.273 e. The molecule has 1 aliphatic rings. The number of aromatic nitrogens is 2.